The molecule has 0 spiro atoms. The fraction of sp³-hybridized carbons (Fsp3) is 0.500. The van der Waals surface area contributed by atoms with Crippen molar-refractivity contribution in [3.8, 4) is 5.75 Å². The maximum atomic E-state index is 13.4. The van der Waals surface area contributed by atoms with Gasteiger partial charge in [-0.2, -0.15) is 0 Å². The summed E-state index contributed by atoms with van der Waals surface area (Å²) in [6.07, 6.45) is 2.61. The van der Waals surface area contributed by atoms with Crippen LogP contribution in [0.3, 0.4) is 0 Å². The summed E-state index contributed by atoms with van der Waals surface area (Å²) < 4.78 is 12.6. The number of carbonyl (C=O) groups excluding carboxylic acids is 2. The van der Waals surface area contributed by atoms with Crippen molar-refractivity contribution in [1.82, 2.24) is 4.90 Å². The topological polar surface area (TPSA) is 55.8 Å². The molecule has 0 bridgehead atoms. The Morgan fingerprint density at radius 1 is 0.947 bits per heavy atom. The van der Waals surface area contributed by atoms with Crippen LogP contribution in [0, 0.1) is 5.92 Å². The lowest BCUT2D eigenvalue weighted by Crippen LogP contribution is -2.48. The molecule has 1 amide bonds. The molecule has 1 saturated carbocycles. The molecule has 1 fully saturated rings. The number of hydrogen-bond donors (Lipinski definition) is 0. The van der Waals surface area contributed by atoms with Crippen LogP contribution < -0.4 is 4.74 Å². The van der Waals surface area contributed by atoms with E-state index >= 15 is 0 Å². The van der Waals surface area contributed by atoms with Gasteiger partial charge in [-0.15, -0.1) is 0 Å². The van der Waals surface area contributed by atoms with Gasteiger partial charge in [0, 0.05) is 13.0 Å². The van der Waals surface area contributed by atoms with Crippen molar-refractivity contribution in [3.05, 3.63) is 77.9 Å². The van der Waals surface area contributed by atoms with Crippen molar-refractivity contribution in [2.24, 2.45) is 5.92 Å². The normalized spacial score (nSPS) is 18.5. The van der Waals surface area contributed by atoms with Gasteiger partial charge in [-0.05, 0) is 59.2 Å². The van der Waals surface area contributed by atoms with Crippen molar-refractivity contribution < 1.29 is 18.8 Å². The average Bonchev–Trinajstić information content (AvgIpc) is 3.26. The summed E-state index contributed by atoms with van der Waals surface area (Å²) in [5, 5.41) is 0. The van der Waals surface area contributed by atoms with Gasteiger partial charge in [0.15, 0.2) is 5.78 Å². The van der Waals surface area contributed by atoms with Gasteiger partial charge in [0.25, 0.3) is 0 Å². The number of amides is 1. The van der Waals surface area contributed by atoms with Crippen molar-refractivity contribution in [2.45, 2.75) is 90.5 Å². The number of nitrogens with zero attached hydrogens (tertiary/aromatic N) is 1. The molecule has 2 aromatic carbocycles. The maximum Gasteiger partial charge on any atom is 0.416 e. The zero-order chi connectivity index (χ0) is 27.9. The molecular weight excluding hydrogens is 490 g/mol. The summed E-state index contributed by atoms with van der Waals surface area (Å²) in [5.41, 5.74) is 3.61. The van der Waals surface area contributed by atoms with Gasteiger partial charge in [0.05, 0.1) is 12.6 Å². The summed E-state index contributed by atoms with van der Waals surface area (Å²) in [6.45, 7) is 16.6. The quantitative estimate of drug-likeness (QED) is 0.215. The molecular formula is C32H45NO4Si. The molecule has 206 valence electrons. The zero-order valence-electron chi connectivity index (χ0n) is 24.1. The summed E-state index contributed by atoms with van der Waals surface area (Å²) in [4.78, 5) is 28.4. The number of allylic oxidation sites excluding steroid dienone is 1. The van der Waals surface area contributed by atoms with E-state index in [1.165, 1.54) is 0 Å². The highest BCUT2D eigenvalue weighted by Gasteiger charge is 2.46. The minimum absolute atomic E-state index is 0.0542. The molecule has 2 aromatic rings. The molecule has 0 saturated heterocycles. The van der Waals surface area contributed by atoms with Crippen LogP contribution in [0.25, 0.3) is 0 Å². The number of hydrogen-bond acceptors (Lipinski definition) is 4. The van der Waals surface area contributed by atoms with E-state index in [1.54, 1.807) is 17.0 Å². The third-order valence-corrected chi connectivity index (χ3v) is 14.2. The Kier molecular flexibility index (Phi) is 10.5. The first-order valence-electron chi connectivity index (χ1n) is 14.0. The van der Waals surface area contributed by atoms with Crippen molar-refractivity contribution >= 4 is 20.2 Å². The molecule has 2 atom stereocenters. The minimum Gasteiger partial charge on any atom is -0.412 e. The smallest absolute Gasteiger partial charge is 0.412 e. The predicted octanol–water partition coefficient (Wildman–Crippen LogP) is 8.17. The lowest BCUT2D eigenvalue weighted by molar-refractivity contribution is -0.121. The van der Waals surface area contributed by atoms with E-state index in [4.69, 9.17) is 9.16 Å². The molecule has 0 radical (unpaired) electrons. The van der Waals surface area contributed by atoms with E-state index in [2.05, 4.69) is 47.6 Å². The van der Waals surface area contributed by atoms with Gasteiger partial charge in [-0.25, -0.2) is 4.79 Å². The fourth-order valence-corrected chi connectivity index (χ4v) is 11.7. The van der Waals surface area contributed by atoms with Crippen molar-refractivity contribution in [1.29, 1.82) is 0 Å². The highest BCUT2D eigenvalue weighted by molar-refractivity contribution is 6.77. The molecule has 3 rings (SSSR count). The summed E-state index contributed by atoms with van der Waals surface area (Å²) in [7, 11) is -2.04. The number of Topliss-reactive ketones (excluding diaryl/α,β-unsaturated/α-hetero) is 1. The second-order valence-corrected chi connectivity index (χ2v) is 16.8. The van der Waals surface area contributed by atoms with E-state index in [0.29, 0.717) is 48.4 Å². The molecule has 0 unspecified atom stereocenters. The van der Waals surface area contributed by atoms with Crippen LogP contribution in [-0.4, -0.2) is 37.7 Å². The SMILES string of the molecule is C/C=C(/CO[Si](C(C)C)(C(C)C)C(C)C)[C@H]1CC(=O)[C@@H](N(Cc2ccccc2)C(=O)Oc2ccccc2)C1. The molecule has 0 N–H and O–H groups in total. The second kappa shape index (κ2) is 13.4. The van der Waals surface area contributed by atoms with Gasteiger partial charge >= 0.3 is 6.09 Å². The molecule has 0 aromatic heterocycles. The number of benzene rings is 2. The largest absolute Gasteiger partial charge is 0.416 e. The number of carbonyl (C=O) groups is 2. The van der Waals surface area contributed by atoms with Crippen LogP contribution in [0.2, 0.25) is 16.6 Å². The van der Waals surface area contributed by atoms with Crippen LogP contribution >= 0.6 is 0 Å². The standard InChI is InChI=1S/C32H45NO4Si/c1-8-27(22-36-38(23(2)3,24(4)5)25(6)7)28-19-30(31(34)20-28)33(21-26-15-11-9-12-16-26)32(35)37-29-17-13-10-14-18-29/h8-18,23-25,28,30H,19-22H2,1-7H3/b27-8-/t28-,30+/m1/s1. The van der Waals surface area contributed by atoms with Crippen LogP contribution in [0.15, 0.2) is 72.3 Å². The summed E-state index contributed by atoms with van der Waals surface area (Å²) in [5.74, 6) is 0.603. The third-order valence-electron chi connectivity index (χ3n) is 8.17. The van der Waals surface area contributed by atoms with Gasteiger partial charge in [-0.3, -0.25) is 9.69 Å². The van der Waals surface area contributed by atoms with Gasteiger partial charge < -0.3 is 9.16 Å². The Labute approximate surface area is 230 Å². The van der Waals surface area contributed by atoms with E-state index in [0.717, 1.165) is 11.1 Å². The Bertz CT molecular complexity index is 1060. The summed E-state index contributed by atoms with van der Waals surface area (Å²) in [6, 6.07) is 18.3. The maximum absolute atomic E-state index is 13.4. The number of para-hydroxylation sites is 1. The Morgan fingerprint density at radius 3 is 2.03 bits per heavy atom. The predicted molar refractivity (Wildman–Crippen MR) is 157 cm³/mol. The van der Waals surface area contributed by atoms with E-state index in [-0.39, 0.29) is 11.7 Å². The molecule has 1 aliphatic carbocycles. The van der Waals surface area contributed by atoms with Crippen LogP contribution in [0.4, 0.5) is 4.79 Å². The number of ether oxygens (including phenoxy) is 1. The highest BCUT2D eigenvalue weighted by Crippen LogP contribution is 2.43. The van der Waals surface area contributed by atoms with Gasteiger partial charge in [0.2, 0.25) is 8.32 Å². The Morgan fingerprint density at radius 2 is 1.50 bits per heavy atom. The monoisotopic (exact) mass is 535 g/mol. The number of ketones is 1. The Balaban J connectivity index is 1.80. The van der Waals surface area contributed by atoms with Crippen molar-refractivity contribution in [2.75, 3.05) is 6.61 Å². The summed E-state index contributed by atoms with van der Waals surface area (Å²) >= 11 is 0. The highest BCUT2D eigenvalue weighted by atomic mass is 28.4. The first-order valence-corrected chi connectivity index (χ1v) is 16.1. The number of rotatable bonds is 11. The van der Waals surface area contributed by atoms with E-state index in [9.17, 15) is 9.59 Å². The first-order chi connectivity index (χ1) is 18.1. The van der Waals surface area contributed by atoms with Crippen LogP contribution in [-0.2, 0) is 15.8 Å². The van der Waals surface area contributed by atoms with Gasteiger partial charge in [-0.1, -0.05) is 96.1 Å². The molecule has 38 heavy (non-hydrogen) atoms. The third kappa shape index (κ3) is 6.83. The molecule has 0 heterocycles. The van der Waals surface area contributed by atoms with Gasteiger partial charge in [0.1, 0.15) is 5.75 Å². The van der Waals surface area contributed by atoms with E-state index in [1.807, 2.05) is 55.5 Å². The van der Waals surface area contributed by atoms with Crippen LogP contribution in [0.1, 0.15) is 66.9 Å². The molecule has 0 aliphatic heterocycles. The average molecular weight is 536 g/mol. The zero-order valence-corrected chi connectivity index (χ0v) is 25.1. The minimum atomic E-state index is -2.04. The molecule has 1 aliphatic rings. The second-order valence-electron chi connectivity index (χ2n) is 11.4. The Hall–Kier alpha value is -2.70. The lowest BCUT2D eigenvalue weighted by Gasteiger charge is -2.42. The lowest BCUT2D eigenvalue weighted by atomic mass is 9.97. The molecule has 5 nitrogen and oxygen atoms in total. The van der Waals surface area contributed by atoms with Crippen LogP contribution in [0.5, 0.6) is 5.75 Å². The van der Waals surface area contributed by atoms with E-state index < -0.39 is 20.5 Å². The van der Waals surface area contributed by atoms with Crippen molar-refractivity contribution in [3.63, 3.8) is 0 Å². The first kappa shape index (κ1) is 29.8. The fourth-order valence-electron chi connectivity index (χ4n) is 6.32. The molecule has 6 heteroatoms.